The normalized spacial score (nSPS) is 11.8. The summed E-state index contributed by atoms with van der Waals surface area (Å²) in [4.78, 5) is 0. The first-order valence-corrected chi connectivity index (χ1v) is 6.40. The van der Waals surface area contributed by atoms with E-state index in [0.29, 0.717) is 0 Å². The zero-order valence-corrected chi connectivity index (χ0v) is 11.6. The van der Waals surface area contributed by atoms with Crippen molar-refractivity contribution in [3.05, 3.63) is 40.8 Å². The third kappa shape index (κ3) is 3.52. The fourth-order valence-electron chi connectivity index (χ4n) is 2.00. The van der Waals surface area contributed by atoms with Crippen molar-refractivity contribution in [2.45, 2.75) is 52.4 Å². The van der Waals surface area contributed by atoms with Gasteiger partial charge in [0.2, 0.25) is 0 Å². The Kier molecular flexibility index (Phi) is 4.86. The van der Waals surface area contributed by atoms with Crippen LogP contribution >= 0.6 is 11.6 Å². The van der Waals surface area contributed by atoms with Gasteiger partial charge in [0.1, 0.15) is 0 Å². The van der Waals surface area contributed by atoms with Gasteiger partial charge in [-0.1, -0.05) is 57.8 Å². The molecular weight excluding hydrogens is 216 g/mol. The van der Waals surface area contributed by atoms with Crippen molar-refractivity contribution in [3.63, 3.8) is 0 Å². The van der Waals surface area contributed by atoms with Crippen molar-refractivity contribution in [2.75, 3.05) is 0 Å². The molecule has 0 aliphatic rings. The molecule has 1 aromatic rings. The van der Waals surface area contributed by atoms with Crippen molar-refractivity contribution < 1.29 is 0 Å². The Labute approximate surface area is 105 Å². The van der Waals surface area contributed by atoms with Gasteiger partial charge in [0.15, 0.2) is 0 Å². The Morgan fingerprint density at radius 3 is 2.50 bits per heavy atom. The molecule has 0 amide bonds. The highest BCUT2D eigenvalue weighted by molar-refractivity contribution is 6.31. The molecule has 16 heavy (non-hydrogen) atoms. The maximum Gasteiger partial charge on any atom is 0.0440 e. The van der Waals surface area contributed by atoms with Gasteiger partial charge in [-0.2, -0.15) is 0 Å². The summed E-state index contributed by atoms with van der Waals surface area (Å²) in [6.07, 6.45) is 5.64. The Hall–Kier alpha value is -0.490. The maximum atomic E-state index is 6.30. The van der Waals surface area contributed by atoms with Crippen LogP contribution in [0.25, 0.3) is 0 Å². The van der Waals surface area contributed by atoms with Crippen LogP contribution in [-0.4, -0.2) is 0 Å². The number of hydrogen-bond acceptors (Lipinski definition) is 0. The number of unbranched alkanes of at least 4 members (excludes halogenated alkanes) is 2. The van der Waals surface area contributed by atoms with Crippen molar-refractivity contribution in [3.8, 4) is 0 Å². The van der Waals surface area contributed by atoms with E-state index in [2.05, 4.69) is 46.2 Å². The van der Waals surface area contributed by atoms with Gasteiger partial charge in [-0.05, 0) is 41.9 Å². The van der Waals surface area contributed by atoms with Gasteiger partial charge in [0, 0.05) is 5.02 Å². The number of hydrogen-bond donors (Lipinski definition) is 0. The van der Waals surface area contributed by atoms with Crippen molar-refractivity contribution in [2.24, 2.45) is 0 Å². The van der Waals surface area contributed by atoms with E-state index in [-0.39, 0.29) is 5.41 Å². The first kappa shape index (κ1) is 13.6. The molecule has 89 valence electrons. The van der Waals surface area contributed by atoms with Crippen LogP contribution in [0.5, 0.6) is 0 Å². The third-order valence-electron chi connectivity index (χ3n) is 2.85. The number of rotatable bonds is 4. The van der Waals surface area contributed by atoms with Crippen molar-refractivity contribution in [1.29, 1.82) is 0 Å². The number of halogens is 1. The van der Waals surface area contributed by atoms with Crippen LogP contribution in [0.15, 0.2) is 18.2 Å². The fourth-order valence-corrected chi connectivity index (χ4v) is 2.27. The lowest BCUT2D eigenvalue weighted by molar-refractivity contribution is 0.580. The van der Waals surface area contributed by atoms with Gasteiger partial charge < -0.3 is 0 Å². The van der Waals surface area contributed by atoms with Crippen LogP contribution in [0.1, 0.15) is 51.7 Å². The molecule has 0 saturated heterocycles. The molecule has 1 aromatic carbocycles. The summed E-state index contributed by atoms with van der Waals surface area (Å²) in [5.74, 6) is 0. The lowest BCUT2D eigenvalue weighted by atomic mass is 9.82. The van der Waals surface area contributed by atoms with Crippen molar-refractivity contribution >= 4 is 11.6 Å². The van der Waals surface area contributed by atoms with E-state index in [0.717, 1.165) is 17.9 Å². The van der Waals surface area contributed by atoms with Gasteiger partial charge in [-0.25, -0.2) is 0 Å². The maximum absolute atomic E-state index is 6.30. The minimum Gasteiger partial charge on any atom is -0.0840 e. The lowest BCUT2D eigenvalue weighted by Gasteiger charge is -2.23. The largest absolute Gasteiger partial charge is 0.0840 e. The Morgan fingerprint density at radius 1 is 1.25 bits per heavy atom. The quantitative estimate of drug-likeness (QED) is 0.633. The second-order valence-electron chi connectivity index (χ2n) is 5.32. The van der Waals surface area contributed by atoms with E-state index in [4.69, 9.17) is 11.6 Å². The predicted octanol–water partition coefficient (Wildman–Crippen LogP) is 5.18. The molecule has 0 saturated carbocycles. The van der Waals surface area contributed by atoms with Crippen LogP contribution in [0, 0.1) is 6.42 Å². The van der Waals surface area contributed by atoms with E-state index in [1.54, 1.807) is 0 Å². The summed E-state index contributed by atoms with van der Waals surface area (Å²) in [5, 5.41) is 0.920. The first-order chi connectivity index (χ1) is 7.46. The summed E-state index contributed by atoms with van der Waals surface area (Å²) in [7, 11) is 0. The SMILES string of the molecule is C[CH]CCCc1c(Cl)cccc1C(C)(C)C. The molecule has 1 radical (unpaired) electrons. The fraction of sp³-hybridized carbons (Fsp3) is 0.533. The summed E-state index contributed by atoms with van der Waals surface area (Å²) in [6.45, 7) is 8.84. The Balaban J connectivity index is 2.95. The molecule has 1 rings (SSSR count). The molecule has 0 heterocycles. The van der Waals surface area contributed by atoms with Crippen LogP contribution in [0.2, 0.25) is 5.02 Å². The number of benzene rings is 1. The molecule has 0 spiro atoms. The van der Waals surface area contributed by atoms with Crippen molar-refractivity contribution in [1.82, 2.24) is 0 Å². The van der Waals surface area contributed by atoms with Crippen LogP contribution in [0.3, 0.4) is 0 Å². The van der Waals surface area contributed by atoms with E-state index in [1.807, 2.05) is 6.07 Å². The average Bonchev–Trinajstić information content (AvgIpc) is 2.19. The zero-order chi connectivity index (χ0) is 12.2. The molecule has 0 bridgehead atoms. The Morgan fingerprint density at radius 2 is 1.94 bits per heavy atom. The molecule has 0 unspecified atom stereocenters. The second-order valence-corrected chi connectivity index (χ2v) is 5.72. The highest BCUT2D eigenvalue weighted by Crippen LogP contribution is 2.31. The van der Waals surface area contributed by atoms with Gasteiger partial charge in [-0.15, -0.1) is 0 Å². The van der Waals surface area contributed by atoms with Gasteiger partial charge in [0.25, 0.3) is 0 Å². The third-order valence-corrected chi connectivity index (χ3v) is 3.20. The van der Waals surface area contributed by atoms with Crippen LogP contribution < -0.4 is 0 Å². The standard InChI is InChI=1S/C15H22Cl/c1-5-6-7-9-12-13(15(2,3)4)10-8-11-14(12)16/h5,8,10-11H,6-7,9H2,1-4H3. The highest BCUT2D eigenvalue weighted by atomic mass is 35.5. The highest BCUT2D eigenvalue weighted by Gasteiger charge is 2.18. The molecule has 0 aliphatic carbocycles. The predicted molar refractivity (Wildman–Crippen MR) is 73.1 cm³/mol. The van der Waals surface area contributed by atoms with Crippen LogP contribution in [-0.2, 0) is 11.8 Å². The monoisotopic (exact) mass is 237 g/mol. The zero-order valence-electron chi connectivity index (χ0n) is 10.8. The Bertz CT molecular complexity index is 334. The van der Waals surface area contributed by atoms with Gasteiger partial charge >= 0.3 is 0 Å². The summed E-state index contributed by atoms with van der Waals surface area (Å²) in [6, 6.07) is 6.26. The lowest BCUT2D eigenvalue weighted by Crippen LogP contribution is -2.14. The topological polar surface area (TPSA) is 0 Å². The molecular formula is C15H22Cl. The second kappa shape index (κ2) is 5.72. The minimum atomic E-state index is 0.177. The smallest absolute Gasteiger partial charge is 0.0440 e. The van der Waals surface area contributed by atoms with Gasteiger partial charge in [0.05, 0.1) is 0 Å². The van der Waals surface area contributed by atoms with E-state index in [1.165, 1.54) is 17.5 Å². The van der Waals surface area contributed by atoms with E-state index < -0.39 is 0 Å². The van der Waals surface area contributed by atoms with Gasteiger partial charge in [-0.3, -0.25) is 0 Å². The molecule has 0 aliphatic heterocycles. The minimum absolute atomic E-state index is 0.177. The molecule has 1 heteroatoms. The molecule has 0 fully saturated rings. The summed E-state index contributed by atoms with van der Waals surface area (Å²) in [5.41, 5.74) is 2.89. The van der Waals surface area contributed by atoms with E-state index >= 15 is 0 Å². The van der Waals surface area contributed by atoms with E-state index in [9.17, 15) is 0 Å². The summed E-state index contributed by atoms with van der Waals surface area (Å²) >= 11 is 6.30. The van der Waals surface area contributed by atoms with Crippen LogP contribution in [0.4, 0.5) is 0 Å². The summed E-state index contributed by atoms with van der Waals surface area (Å²) < 4.78 is 0. The molecule has 0 aromatic heterocycles. The molecule has 0 atom stereocenters. The first-order valence-electron chi connectivity index (χ1n) is 6.02. The average molecular weight is 238 g/mol. The molecule has 0 N–H and O–H groups in total. The molecule has 0 nitrogen and oxygen atoms in total.